The monoisotopic (exact) mass is 539 g/mol. The van der Waals surface area contributed by atoms with Gasteiger partial charge in [0.25, 0.3) is 6.47 Å². The van der Waals surface area contributed by atoms with Crippen LogP contribution in [0.4, 0.5) is 0 Å². The van der Waals surface area contributed by atoms with Gasteiger partial charge in [0, 0.05) is 12.3 Å². The topological polar surface area (TPSA) is 74.7 Å². The van der Waals surface area contributed by atoms with E-state index in [1.807, 2.05) is 0 Å². The molecule has 6 nitrogen and oxygen atoms in total. The Balaban J connectivity index is 1.23. The maximum Gasteiger partial charge on any atom is 0.339 e. The van der Waals surface area contributed by atoms with E-state index in [9.17, 15) is 9.59 Å². The molecule has 0 amide bonds. The van der Waals surface area contributed by atoms with Gasteiger partial charge in [-0.1, -0.05) is 34.1 Å². The first-order chi connectivity index (χ1) is 18.7. The standard InChI is InChI=1S/C33H49NO5/c1-6-22-17-25-27-9-8-26(21(2)13-16-38-30-10-7-23(19-34-30)31(36)37-5)32(27,3)15-12-28(25)33(4)14-11-24(39-20-35)18-29(22)33/h7,10,19-22,24-29H,6,8-9,11-18H2,1-5H3/t21-,22+,24-,25+,26-,27+,28+,29+,32-,33-/m1/s1. The summed E-state index contributed by atoms with van der Waals surface area (Å²) in [7, 11) is 1.37. The highest BCUT2D eigenvalue weighted by Crippen LogP contribution is 2.69. The van der Waals surface area contributed by atoms with Crippen LogP contribution in [0.1, 0.15) is 102 Å². The van der Waals surface area contributed by atoms with Crippen LogP contribution in [0.15, 0.2) is 18.3 Å². The average Bonchev–Trinajstić information content (AvgIpc) is 3.30. The van der Waals surface area contributed by atoms with Gasteiger partial charge >= 0.3 is 5.97 Å². The number of rotatable bonds is 9. The second-order valence-electron chi connectivity index (χ2n) is 13.7. The van der Waals surface area contributed by atoms with E-state index in [0.717, 1.165) is 48.9 Å². The van der Waals surface area contributed by atoms with Crippen LogP contribution in [-0.2, 0) is 14.3 Å². The fourth-order valence-corrected chi connectivity index (χ4v) is 10.4. The lowest BCUT2D eigenvalue weighted by Gasteiger charge is -2.63. The zero-order valence-electron chi connectivity index (χ0n) is 24.7. The van der Waals surface area contributed by atoms with Crippen LogP contribution in [0.25, 0.3) is 0 Å². The van der Waals surface area contributed by atoms with Crippen molar-refractivity contribution in [1.29, 1.82) is 0 Å². The van der Waals surface area contributed by atoms with Gasteiger partial charge in [0.2, 0.25) is 5.88 Å². The summed E-state index contributed by atoms with van der Waals surface area (Å²) in [5, 5.41) is 0. The van der Waals surface area contributed by atoms with E-state index in [4.69, 9.17) is 14.2 Å². The molecule has 0 N–H and O–H groups in total. The molecule has 216 valence electrons. The second-order valence-corrected chi connectivity index (χ2v) is 13.7. The van der Waals surface area contributed by atoms with E-state index in [0.29, 0.717) is 47.2 Å². The largest absolute Gasteiger partial charge is 0.478 e. The summed E-state index contributed by atoms with van der Waals surface area (Å²) in [6.07, 6.45) is 14.0. The zero-order valence-corrected chi connectivity index (χ0v) is 24.7. The number of nitrogens with zero attached hydrogens (tertiary/aromatic N) is 1. The summed E-state index contributed by atoms with van der Waals surface area (Å²) in [5.41, 5.74) is 1.25. The minimum absolute atomic E-state index is 0.125. The Labute approximate surface area is 235 Å². The van der Waals surface area contributed by atoms with E-state index >= 15 is 0 Å². The molecule has 39 heavy (non-hydrogen) atoms. The SMILES string of the molecule is CC[C@H]1C[C@@H]2[C@H](CC[C@]3(C)[C@@H]([C@H](C)CCOc4ccc(C(=O)OC)cn4)CC[C@@H]23)[C@@]2(C)CC[C@@H](OC=O)C[C@@H]12. The highest BCUT2D eigenvalue weighted by Gasteiger charge is 2.62. The molecule has 0 radical (unpaired) electrons. The molecule has 0 saturated heterocycles. The average molecular weight is 540 g/mol. The van der Waals surface area contributed by atoms with Crippen molar-refractivity contribution in [1.82, 2.24) is 4.98 Å². The van der Waals surface area contributed by atoms with Crippen molar-refractivity contribution in [2.24, 2.45) is 52.3 Å². The molecule has 1 heterocycles. The highest BCUT2D eigenvalue weighted by atomic mass is 16.5. The van der Waals surface area contributed by atoms with Gasteiger partial charge in [-0.15, -0.1) is 0 Å². The predicted octanol–water partition coefficient (Wildman–Crippen LogP) is 7.11. The molecule has 0 aromatic carbocycles. The minimum Gasteiger partial charge on any atom is -0.478 e. The van der Waals surface area contributed by atoms with Gasteiger partial charge in [-0.3, -0.25) is 4.79 Å². The van der Waals surface area contributed by atoms with Gasteiger partial charge in [0.15, 0.2) is 0 Å². The van der Waals surface area contributed by atoms with Crippen molar-refractivity contribution in [3.8, 4) is 5.88 Å². The molecule has 0 aliphatic heterocycles. The maximum absolute atomic E-state index is 11.6. The van der Waals surface area contributed by atoms with Gasteiger partial charge in [0.1, 0.15) is 6.10 Å². The van der Waals surface area contributed by atoms with Crippen LogP contribution in [0.2, 0.25) is 0 Å². The lowest BCUT2D eigenvalue weighted by molar-refractivity contribution is -0.164. The molecular formula is C33H49NO5. The number of carbonyl (C=O) groups excluding carboxylic acids is 2. The van der Waals surface area contributed by atoms with Crippen LogP contribution < -0.4 is 4.74 Å². The lowest BCUT2D eigenvalue weighted by atomic mass is 9.42. The van der Waals surface area contributed by atoms with Gasteiger partial charge in [-0.25, -0.2) is 9.78 Å². The van der Waals surface area contributed by atoms with E-state index in [-0.39, 0.29) is 12.1 Å². The summed E-state index contributed by atoms with van der Waals surface area (Å²) in [4.78, 5) is 27.0. The van der Waals surface area contributed by atoms with Crippen LogP contribution in [-0.4, -0.2) is 37.2 Å². The molecule has 4 saturated carbocycles. The van der Waals surface area contributed by atoms with Crippen LogP contribution in [0.3, 0.4) is 0 Å². The van der Waals surface area contributed by atoms with Crippen LogP contribution in [0, 0.1) is 52.3 Å². The fourth-order valence-electron chi connectivity index (χ4n) is 10.4. The van der Waals surface area contributed by atoms with Crippen LogP contribution >= 0.6 is 0 Å². The lowest BCUT2D eigenvalue weighted by Crippen LogP contribution is -2.57. The summed E-state index contributed by atoms with van der Waals surface area (Å²) in [5.74, 6) is 5.45. The number of ether oxygens (including phenoxy) is 3. The minimum atomic E-state index is -0.381. The molecule has 0 unspecified atom stereocenters. The molecule has 5 rings (SSSR count). The maximum atomic E-state index is 11.6. The number of aromatic nitrogens is 1. The molecule has 4 fully saturated rings. The van der Waals surface area contributed by atoms with Crippen molar-refractivity contribution in [2.45, 2.75) is 98.0 Å². The first-order valence-corrected chi connectivity index (χ1v) is 15.5. The summed E-state index contributed by atoms with van der Waals surface area (Å²) in [6, 6.07) is 3.46. The second kappa shape index (κ2) is 11.4. The quantitative estimate of drug-likeness (QED) is 0.246. The third-order valence-corrected chi connectivity index (χ3v) is 12.3. The molecule has 4 aliphatic carbocycles. The van der Waals surface area contributed by atoms with Crippen LogP contribution in [0.5, 0.6) is 5.88 Å². The Morgan fingerprint density at radius 2 is 1.85 bits per heavy atom. The Kier molecular flexibility index (Phi) is 8.31. The van der Waals surface area contributed by atoms with Gasteiger partial charge in [0.05, 0.1) is 19.3 Å². The Bertz CT molecular complexity index is 1010. The molecule has 4 aliphatic rings. The first-order valence-electron chi connectivity index (χ1n) is 15.5. The highest BCUT2D eigenvalue weighted by molar-refractivity contribution is 5.88. The summed E-state index contributed by atoms with van der Waals surface area (Å²) < 4.78 is 16.2. The van der Waals surface area contributed by atoms with Gasteiger partial charge in [-0.2, -0.15) is 0 Å². The normalized spacial score (nSPS) is 40.0. The zero-order chi connectivity index (χ0) is 27.8. The summed E-state index contributed by atoms with van der Waals surface area (Å²) >= 11 is 0. The fraction of sp³-hybridized carbons (Fsp3) is 0.788. The van der Waals surface area contributed by atoms with Gasteiger partial charge < -0.3 is 14.2 Å². The number of hydrogen-bond donors (Lipinski definition) is 0. The van der Waals surface area contributed by atoms with Gasteiger partial charge in [-0.05, 0) is 116 Å². The molecule has 6 heteroatoms. The van der Waals surface area contributed by atoms with E-state index in [1.165, 1.54) is 58.3 Å². The van der Waals surface area contributed by atoms with E-state index in [2.05, 4.69) is 32.7 Å². The third-order valence-electron chi connectivity index (χ3n) is 12.3. The van der Waals surface area contributed by atoms with Crippen molar-refractivity contribution in [3.05, 3.63) is 23.9 Å². The smallest absolute Gasteiger partial charge is 0.339 e. The third kappa shape index (κ3) is 5.10. The molecule has 10 atom stereocenters. The number of carbonyl (C=O) groups is 2. The van der Waals surface area contributed by atoms with Crippen molar-refractivity contribution in [3.63, 3.8) is 0 Å². The predicted molar refractivity (Wildman–Crippen MR) is 150 cm³/mol. The Morgan fingerprint density at radius 3 is 2.54 bits per heavy atom. The van der Waals surface area contributed by atoms with Crippen molar-refractivity contribution >= 4 is 12.4 Å². The molecular weight excluding hydrogens is 490 g/mol. The number of hydrogen-bond acceptors (Lipinski definition) is 6. The number of methoxy groups -OCH3 is 1. The van der Waals surface area contributed by atoms with E-state index < -0.39 is 0 Å². The van der Waals surface area contributed by atoms with Crippen molar-refractivity contribution in [2.75, 3.05) is 13.7 Å². The molecule has 0 spiro atoms. The number of esters is 1. The van der Waals surface area contributed by atoms with Crippen molar-refractivity contribution < 1.29 is 23.8 Å². The Hall–Kier alpha value is -2.11. The number of fused-ring (bicyclic) bond motifs is 5. The summed E-state index contributed by atoms with van der Waals surface area (Å²) in [6.45, 7) is 11.4. The van der Waals surface area contributed by atoms with E-state index in [1.54, 1.807) is 12.1 Å². The Morgan fingerprint density at radius 1 is 1.08 bits per heavy atom. The first kappa shape index (κ1) is 28.4. The molecule has 1 aromatic heterocycles. The molecule has 1 aromatic rings. The molecule has 0 bridgehead atoms. The number of pyridine rings is 1.